The number of aliphatic hydroxyl groups excluding tert-OH is 2. The fourth-order valence-electron chi connectivity index (χ4n) is 3.19. The molecule has 0 radical (unpaired) electrons. The Morgan fingerprint density at radius 3 is 1.76 bits per heavy atom. The summed E-state index contributed by atoms with van der Waals surface area (Å²) in [5.41, 5.74) is 5.18. The van der Waals surface area contributed by atoms with E-state index in [0.717, 1.165) is 19.3 Å². The summed E-state index contributed by atoms with van der Waals surface area (Å²) in [5, 5.41) is 20.2. The molecule has 0 aromatic heterocycles. The van der Waals surface area contributed by atoms with Crippen LogP contribution in [0.15, 0.2) is 0 Å². The number of ether oxygens (including phenoxy) is 2. The Morgan fingerprint density at radius 1 is 0.862 bits per heavy atom. The molecule has 0 saturated carbocycles. The molecule has 0 aromatic rings. The third kappa shape index (κ3) is 17.7. The Balaban J connectivity index is 3.65. The average molecular weight is 418 g/mol. The molecule has 3 unspecified atom stereocenters. The van der Waals surface area contributed by atoms with E-state index in [4.69, 9.17) is 15.2 Å². The maximum atomic E-state index is 11.5. The molecule has 29 heavy (non-hydrogen) atoms. The van der Waals surface area contributed by atoms with Crippen molar-refractivity contribution in [3.63, 3.8) is 0 Å². The van der Waals surface area contributed by atoms with Gasteiger partial charge in [-0.15, -0.1) is 0 Å². The molecule has 6 heteroatoms. The normalized spacial score (nSPS) is 15.0. The van der Waals surface area contributed by atoms with Crippen LogP contribution in [0.5, 0.6) is 0 Å². The van der Waals surface area contributed by atoms with Gasteiger partial charge in [0.25, 0.3) is 0 Å². The minimum absolute atomic E-state index is 0.189. The van der Waals surface area contributed by atoms with Gasteiger partial charge in [0, 0.05) is 0 Å². The van der Waals surface area contributed by atoms with Crippen LogP contribution in [-0.2, 0) is 9.47 Å². The summed E-state index contributed by atoms with van der Waals surface area (Å²) in [4.78, 5) is 11.5. The predicted molar refractivity (Wildman–Crippen MR) is 118 cm³/mol. The molecule has 3 atom stereocenters. The van der Waals surface area contributed by atoms with Crippen LogP contribution in [0, 0.1) is 0 Å². The molecule has 0 amide bonds. The second-order valence-electron chi connectivity index (χ2n) is 9.17. The summed E-state index contributed by atoms with van der Waals surface area (Å²) in [6.45, 7) is 7.27. The number of carbonyl (C=O) groups excluding carboxylic acids is 1. The van der Waals surface area contributed by atoms with Crippen LogP contribution in [0.25, 0.3) is 0 Å². The maximum absolute atomic E-state index is 11.5. The fraction of sp³-hybridized carbons (Fsp3) is 0.957. The van der Waals surface area contributed by atoms with Crippen LogP contribution in [0.2, 0.25) is 0 Å². The van der Waals surface area contributed by atoms with Crippen LogP contribution < -0.4 is 5.73 Å². The topological polar surface area (TPSA) is 102 Å². The second kappa shape index (κ2) is 16.9. The molecule has 0 fully saturated rings. The van der Waals surface area contributed by atoms with Crippen molar-refractivity contribution in [2.75, 3.05) is 6.61 Å². The Kier molecular flexibility index (Phi) is 16.4. The summed E-state index contributed by atoms with van der Waals surface area (Å²) < 4.78 is 9.93. The number of hydrogen-bond acceptors (Lipinski definition) is 6. The standard InChI is InChI=1S/C23H47NO5/c1-5-6-7-8-9-10-11-12-13-14-15-16-17-20(25)21(26)19(24)18-28-22(27)29-23(2,3)4/h19-21,25-26H,5-18,24H2,1-4H3. The molecule has 0 saturated heterocycles. The van der Waals surface area contributed by atoms with Gasteiger partial charge in [-0.3, -0.25) is 0 Å². The third-order valence-corrected chi connectivity index (χ3v) is 4.97. The van der Waals surface area contributed by atoms with Crippen molar-refractivity contribution < 1.29 is 24.5 Å². The first-order valence-corrected chi connectivity index (χ1v) is 11.6. The van der Waals surface area contributed by atoms with Crippen molar-refractivity contribution in [2.45, 2.75) is 135 Å². The predicted octanol–water partition coefficient (Wildman–Crippen LogP) is 5.08. The van der Waals surface area contributed by atoms with E-state index in [9.17, 15) is 15.0 Å². The fourth-order valence-corrected chi connectivity index (χ4v) is 3.19. The number of carbonyl (C=O) groups is 1. The smallest absolute Gasteiger partial charge is 0.433 e. The molecule has 0 aromatic carbocycles. The van der Waals surface area contributed by atoms with E-state index < -0.39 is 30.0 Å². The highest BCUT2D eigenvalue weighted by molar-refractivity contribution is 5.60. The summed E-state index contributed by atoms with van der Waals surface area (Å²) in [6, 6.07) is -0.838. The number of hydrogen-bond donors (Lipinski definition) is 3. The molecule has 0 heterocycles. The Labute approximate surface area is 178 Å². The molecule has 0 aliphatic heterocycles. The largest absolute Gasteiger partial charge is 0.508 e. The van der Waals surface area contributed by atoms with Gasteiger partial charge < -0.3 is 25.4 Å². The van der Waals surface area contributed by atoms with Gasteiger partial charge in [-0.2, -0.15) is 0 Å². The van der Waals surface area contributed by atoms with Crippen molar-refractivity contribution in [3.8, 4) is 0 Å². The summed E-state index contributed by atoms with van der Waals surface area (Å²) >= 11 is 0. The highest BCUT2D eigenvalue weighted by Crippen LogP contribution is 2.14. The molecule has 0 spiro atoms. The monoisotopic (exact) mass is 417 g/mol. The molecule has 0 bridgehead atoms. The van der Waals surface area contributed by atoms with Crippen LogP contribution in [0.3, 0.4) is 0 Å². The van der Waals surface area contributed by atoms with Crippen molar-refractivity contribution in [1.82, 2.24) is 0 Å². The van der Waals surface area contributed by atoms with Crippen LogP contribution in [0.1, 0.15) is 111 Å². The van der Waals surface area contributed by atoms with Gasteiger partial charge in [0.05, 0.1) is 18.2 Å². The molecule has 174 valence electrons. The lowest BCUT2D eigenvalue weighted by atomic mass is 10.00. The van der Waals surface area contributed by atoms with Gasteiger partial charge in [-0.1, -0.05) is 84.0 Å². The first-order valence-electron chi connectivity index (χ1n) is 11.6. The summed E-state index contributed by atoms with van der Waals surface area (Å²) in [6.07, 6.45) is 12.7. The third-order valence-electron chi connectivity index (χ3n) is 4.97. The van der Waals surface area contributed by atoms with Gasteiger partial charge >= 0.3 is 6.16 Å². The SMILES string of the molecule is CCCCCCCCCCCCCCC(O)C(O)C(N)COC(=O)OC(C)(C)C. The molecule has 4 N–H and O–H groups in total. The summed E-state index contributed by atoms with van der Waals surface area (Å²) in [7, 11) is 0. The van der Waals surface area contributed by atoms with Gasteiger partial charge in [0.1, 0.15) is 12.2 Å². The van der Waals surface area contributed by atoms with E-state index in [2.05, 4.69) is 6.92 Å². The van der Waals surface area contributed by atoms with Gasteiger partial charge in [-0.25, -0.2) is 4.79 Å². The number of rotatable bonds is 17. The zero-order chi connectivity index (χ0) is 22.1. The highest BCUT2D eigenvalue weighted by Gasteiger charge is 2.25. The van der Waals surface area contributed by atoms with Crippen LogP contribution in [-0.4, -0.2) is 46.8 Å². The minimum Gasteiger partial charge on any atom is -0.433 e. The van der Waals surface area contributed by atoms with E-state index in [-0.39, 0.29) is 6.61 Å². The second-order valence-corrected chi connectivity index (χ2v) is 9.17. The zero-order valence-electron chi connectivity index (χ0n) is 19.3. The molecule has 0 aliphatic carbocycles. The number of unbranched alkanes of at least 4 members (excludes halogenated alkanes) is 11. The summed E-state index contributed by atoms with van der Waals surface area (Å²) in [5.74, 6) is 0. The van der Waals surface area contributed by atoms with Gasteiger partial charge in [0.15, 0.2) is 0 Å². The average Bonchev–Trinajstić information content (AvgIpc) is 2.64. The highest BCUT2D eigenvalue weighted by atomic mass is 16.7. The van der Waals surface area contributed by atoms with E-state index in [1.54, 1.807) is 20.8 Å². The van der Waals surface area contributed by atoms with Crippen molar-refractivity contribution in [2.24, 2.45) is 5.73 Å². The van der Waals surface area contributed by atoms with Crippen LogP contribution in [0.4, 0.5) is 4.79 Å². The molecule has 6 nitrogen and oxygen atoms in total. The van der Waals surface area contributed by atoms with E-state index >= 15 is 0 Å². The van der Waals surface area contributed by atoms with Gasteiger partial charge in [-0.05, 0) is 27.2 Å². The van der Waals surface area contributed by atoms with Crippen molar-refractivity contribution in [1.29, 1.82) is 0 Å². The van der Waals surface area contributed by atoms with Crippen molar-refractivity contribution in [3.05, 3.63) is 0 Å². The first-order chi connectivity index (χ1) is 13.7. The molecular formula is C23H47NO5. The molecule has 0 aliphatic rings. The quantitative estimate of drug-likeness (QED) is 0.225. The lowest BCUT2D eigenvalue weighted by Gasteiger charge is -2.24. The minimum atomic E-state index is -1.12. The molecule has 0 rings (SSSR count). The first kappa shape index (κ1) is 28.1. The molecular weight excluding hydrogens is 370 g/mol. The maximum Gasteiger partial charge on any atom is 0.508 e. The van der Waals surface area contributed by atoms with E-state index in [1.165, 1.54) is 57.8 Å². The van der Waals surface area contributed by atoms with Crippen LogP contribution >= 0.6 is 0 Å². The Morgan fingerprint density at radius 2 is 1.31 bits per heavy atom. The Hall–Kier alpha value is -0.850. The van der Waals surface area contributed by atoms with Gasteiger partial charge in [0.2, 0.25) is 0 Å². The zero-order valence-corrected chi connectivity index (χ0v) is 19.3. The lowest BCUT2D eigenvalue weighted by molar-refractivity contribution is -0.0364. The van der Waals surface area contributed by atoms with Crippen molar-refractivity contribution >= 4 is 6.16 Å². The number of aliphatic hydroxyl groups is 2. The number of nitrogens with two attached hydrogens (primary N) is 1. The van der Waals surface area contributed by atoms with E-state index in [1.807, 2.05) is 0 Å². The Bertz CT molecular complexity index is 397. The lowest BCUT2D eigenvalue weighted by Crippen LogP contribution is -2.46. The van der Waals surface area contributed by atoms with E-state index in [0.29, 0.717) is 6.42 Å².